The van der Waals surface area contributed by atoms with Crippen LogP contribution in [-0.2, 0) is 16.7 Å². The highest BCUT2D eigenvalue weighted by atomic mass is 16.6. The summed E-state index contributed by atoms with van der Waals surface area (Å²) in [6.07, 6.45) is 2.56. The van der Waals surface area contributed by atoms with Crippen LogP contribution < -0.4 is 10.6 Å². The van der Waals surface area contributed by atoms with E-state index < -0.39 is 5.60 Å². The number of carbonyl (C=O) groups excluding carboxylic acids is 1. The van der Waals surface area contributed by atoms with Gasteiger partial charge in [0.2, 0.25) is 5.89 Å². The maximum Gasteiger partial charge on any atom is 0.410 e. The minimum Gasteiger partial charge on any atom is -0.444 e. The quantitative estimate of drug-likeness (QED) is 0.402. The van der Waals surface area contributed by atoms with Crippen LogP contribution in [0.1, 0.15) is 59.6 Å². The van der Waals surface area contributed by atoms with Crippen molar-refractivity contribution in [3.63, 3.8) is 0 Å². The number of aliphatic imine (C=N–C) groups is 1. The molecule has 0 saturated carbocycles. The van der Waals surface area contributed by atoms with Crippen LogP contribution in [0.5, 0.6) is 0 Å². The predicted octanol–water partition coefficient (Wildman–Crippen LogP) is 2.58. The number of hydrogen-bond donors (Lipinski definition) is 2. The van der Waals surface area contributed by atoms with Gasteiger partial charge >= 0.3 is 6.09 Å². The largest absolute Gasteiger partial charge is 0.444 e. The highest BCUT2D eigenvalue weighted by Crippen LogP contribution is 2.22. The first-order valence-corrected chi connectivity index (χ1v) is 11.1. The van der Waals surface area contributed by atoms with E-state index in [2.05, 4.69) is 46.3 Å². The second-order valence-electron chi connectivity index (χ2n) is 9.88. The van der Waals surface area contributed by atoms with E-state index in [0.717, 1.165) is 44.3 Å². The van der Waals surface area contributed by atoms with E-state index in [1.54, 1.807) is 18.1 Å². The van der Waals surface area contributed by atoms with Crippen molar-refractivity contribution in [3.8, 4) is 0 Å². The van der Waals surface area contributed by atoms with Crippen LogP contribution >= 0.6 is 0 Å². The summed E-state index contributed by atoms with van der Waals surface area (Å²) in [5.74, 6) is 2.25. The lowest BCUT2D eigenvalue weighted by Crippen LogP contribution is -2.50. The molecule has 1 aromatic heterocycles. The molecular weight excluding hydrogens is 396 g/mol. The van der Waals surface area contributed by atoms with Gasteiger partial charge in [0.1, 0.15) is 11.4 Å². The molecule has 2 rings (SSSR count). The number of guanidine groups is 1. The van der Waals surface area contributed by atoms with Crippen molar-refractivity contribution in [2.45, 2.75) is 65.5 Å². The van der Waals surface area contributed by atoms with E-state index in [4.69, 9.17) is 9.15 Å². The van der Waals surface area contributed by atoms with Crippen molar-refractivity contribution in [3.05, 3.63) is 17.8 Å². The molecule has 0 aliphatic carbocycles. The van der Waals surface area contributed by atoms with Crippen molar-refractivity contribution < 1.29 is 13.9 Å². The Hall–Kier alpha value is -2.29. The van der Waals surface area contributed by atoms with Crippen LogP contribution in [-0.4, -0.2) is 78.8 Å². The lowest BCUT2D eigenvalue weighted by Gasteiger charge is -2.35. The maximum atomic E-state index is 12.1. The van der Waals surface area contributed by atoms with E-state index in [9.17, 15) is 4.79 Å². The third-order valence-corrected chi connectivity index (χ3v) is 4.89. The van der Waals surface area contributed by atoms with Gasteiger partial charge in [-0.3, -0.25) is 9.89 Å². The molecule has 1 aromatic rings. The first-order valence-electron chi connectivity index (χ1n) is 11.1. The Morgan fingerprint density at radius 2 is 1.84 bits per heavy atom. The Bertz CT molecular complexity index is 724. The summed E-state index contributed by atoms with van der Waals surface area (Å²) in [7, 11) is 1.75. The fourth-order valence-electron chi connectivity index (χ4n) is 3.11. The number of oxazole rings is 1. The zero-order valence-electron chi connectivity index (χ0n) is 20.2. The lowest BCUT2D eigenvalue weighted by atomic mass is 9.94. The number of nitrogens with zero attached hydrogens (tertiary/aromatic N) is 4. The molecule has 2 heterocycles. The molecule has 1 aliphatic heterocycles. The van der Waals surface area contributed by atoms with E-state index in [1.165, 1.54) is 0 Å². The molecule has 176 valence electrons. The summed E-state index contributed by atoms with van der Waals surface area (Å²) in [6, 6.07) is 0. The number of piperazine rings is 1. The topological polar surface area (TPSA) is 95.2 Å². The molecular formula is C22H40N6O3. The van der Waals surface area contributed by atoms with Gasteiger partial charge in [-0.05, 0) is 33.7 Å². The number of nitrogens with one attached hydrogen (secondary N) is 2. The number of amides is 1. The molecule has 2 N–H and O–H groups in total. The normalized spacial score (nSPS) is 16.4. The number of aromatic nitrogens is 1. The van der Waals surface area contributed by atoms with Gasteiger partial charge in [0, 0.05) is 45.2 Å². The van der Waals surface area contributed by atoms with Gasteiger partial charge in [0.05, 0.1) is 12.7 Å². The number of rotatable bonds is 6. The van der Waals surface area contributed by atoms with Crippen molar-refractivity contribution in [2.75, 3.05) is 46.3 Å². The third kappa shape index (κ3) is 8.77. The molecule has 1 saturated heterocycles. The van der Waals surface area contributed by atoms with E-state index in [0.29, 0.717) is 25.5 Å². The summed E-state index contributed by atoms with van der Waals surface area (Å²) >= 11 is 0. The maximum absolute atomic E-state index is 12.1. The van der Waals surface area contributed by atoms with Crippen molar-refractivity contribution in [2.24, 2.45) is 4.99 Å². The smallest absolute Gasteiger partial charge is 0.410 e. The van der Waals surface area contributed by atoms with E-state index in [1.807, 2.05) is 20.8 Å². The predicted molar refractivity (Wildman–Crippen MR) is 122 cm³/mol. The molecule has 0 atom stereocenters. The van der Waals surface area contributed by atoms with Crippen LogP contribution in [0.3, 0.4) is 0 Å². The first-order chi connectivity index (χ1) is 14.5. The van der Waals surface area contributed by atoms with Crippen LogP contribution in [0.4, 0.5) is 4.79 Å². The van der Waals surface area contributed by atoms with Crippen molar-refractivity contribution >= 4 is 12.1 Å². The van der Waals surface area contributed by atoms with E-state index in [-0.39, 0.29) is 11.5 Å². The summed E-state index contributed by atoms with van der Waals surface area (Å²) < 4.78 is 11.2. The average Bonchev–Trinajstić information content (AvgIpc) is 3.16. The molecule has 0 bridgehead atoms. The minimum absolute atomic E-state index is 0.0520. The van der Waals surface area contributed by atoms with Gasteiger partial charge in [-0.2, -0.15) is 0 Å². The minimum atomic E-state index is -0.450. The molecule has 31 heavy (non-hydrogen) atoms. The average molecular weight is 437 g/mol. The Morgan fingerprint density at radius 1 is 1.16 bits per heavy atom. The van der Waals surface area contributed by atoms with Gasteiger partial charge in [-0.25, -0.2) is 9.78 Å². The van der Waals surface area contributed by atoms with Crippen LogP contribution in [0.2, 0.25) is 0 Å². The molecule has 0 unspecified atom stereocenters. The molecule has 0 spiro atoms. The van der Waals surface area contributed by atoms with Gasteiger partial charge in [0.15, 0.2) is 5.96 Å². The fraction of sp³-hybridized carbons (Fsp3) is 0.773. The van der Waals surface area contributed by atoms with Gasteiger partial charge in [-0.1, -0.05) is 20.8 Å². The summed E-state index contributed by atoms with van der Waals surface area (Å²) in [6.45, 7) is 17.4. The van der Waals surface area contributed by atoms with Gasteiger partial charge < -0.3 is 24.7 Å². The molecule has 9 heteroatoms. The number of ether oxygens (including phenoxy) is 1. The Kier molecular flexibility index (Phi) is 8.73. The zero-order valence-corrected chi connectivity index (χ0v) is 20.2. The van der Waals surface area contributed by atoms with Crippen molar-refractivity contribution in [1.82, 2.24) is 25.4 Å². The van der Waals surface area contributed by atoms with Crippen LogP contribution in [0.25, 0.3) is 0 Å². The summed E-state index contributed by atoms with van der Waals surface area (Å²) in [5.41, 5.74) is -0.502. The molecule has 1 amide bonds. The zero-order chi connectivity index (χ0) is 23.1. The Morgan fingerprint density at radius 3 is 2.39 bits per heavy atom. The van der Waals surface area contributed by atoms with Crippen LogP contribution in [0.15, 0.2) is 15.6 Å². The Labute approximate surface area is 186 Å². The Balaban J connectivity index is 1.62. The monoisotopic (exact) mass is 436 g/mol. The fourth-order valence-corrected chi connectivity index (χ4v) is 3.11. The standard InChI is InChI=1S/C22H40N6O3/c1-21(2,3)17-15-25-18(30-17)16-26-19(23-7)24-9-8-10-27-11-13-28(14-12-27)20(29)31-22(4,5)6/h15H,8-14,16H2,1-7H3,(H2,23,24,26). The highest BCUT2D eigenvalue weighted by Gasteiger charge is 2.25. The molecule has 0 radical (unpaired) electrons. The van der Waals surface area contributed by atoms with Crippen LogP contribution in [0, 0.1) is 0 Å². The second kappa shape index (κ2) is 10.8. The first kappa shape index (κ1) is 25.0. The van der Waals surface area contributed by atoms with Crippen molar-refractivity contribution in [1.29, 1.82) is 0 Å². The lowest BCUT2D eigenvalue weighted by molar-refractivity contribution is 0.0145. The van der Waals surface area contributed by atoms with E-state index >= 15 is 0 Å². The van der Waals surface area contributed by atoms with Gasteiger partial charge in [0.25, 0.3) is 0 Å². The highest BCUT2D eigenvalue weighted by molar-refractivity contribution is 5.79. The number of carbonyl (C=O) groups is 1. The second-order valence-corrected chi connectivity index (χ2v) is 9.88. The number of hydrogen-bond acceptors (Lipinski definition) is 6. The molecule has 1 aliphatic rings. The molecule has 1 fully saturated rings. The molecule has 0 aromatic carbocycles. The SMILES string of the molecule is CN=C(NCCCN1CCN(C(=O)OC(C)(C)C)CC1)NCc1ncc(C(C)(C)C)o1. The van der Waals surface area contributed by atoms with Gasteiger partial charge in [-0.15, -0.1) is 0 Å². The summed E-state index contributed by atoms with van der Waals surface area (Å²) in [5, 5.41) is 6.56. The summed E-state index contributed by atoms with van der Waals surface area (Å²) in [4.78, 5) is 24.9. The molecule has 9 nitrogen and oxygen atoms in total. The third-order valence-electron chi connectivity index (χ3n) is 4.89.